The van der Waals surface area contributed by atoms with Crippen molar-refractivity contribution in [2.24, 2.45) is 0 Å². The highest BCUT2D eigenvalue weighted by atomic mass is 35.5. The van der Waals surface area contributed by atoms with Crippen molar-refractivity contribution in [2.75, 3.05) is 13.1 Å². The Labute approximate surface area is 198 Å². The molecule has 10 heteroatoms. The number of hydrogen-bond donors (Lipinski definition) is 3. The summed E-state index contributed by atoms with van der Waals surface area (Å²) in [6.07, 6.45) is 3.80. The smallest absolute Gasteiger partial charge is 0.212 e. The molecule has 7 nitrogen and oxygen atoms in total. The van der Waals surface area contributed by atoms with E-state index in [-0.39, 0.29) is 23.7 Å². The highest BCUT2D eigenvalue weighted by Gasteiger charge is 2.63. The third-order valence-corrected chi connectivity index (χ3v) is 8.21. The minimum atomic E-state index is -1.05. The number of aromatic nitrogens is 2. The second kappa shape index (κ2) is 8.40. The van der Waals surface area contributed by atoms with Crippen LogP contribution in [0.1, 0.15) is 44.4 Å². The molecule has 0 saturated carbocycles. The van der Waals surface area contributed by atoms with Crippen LogP contribution in [0.4, 0.5) is 0 Å². The Hall–Kier alpha value is -2.01. The number of halogens is 1. The molecular weight excluding hydrogens is 466 g/mol. The molecule has 2 fully saturated rings. The van der Waals surface area contributed by atoms with Crippen molar-refractivity contribution >= 4 is 45.8 Å². The largest absolute Gasteiger partial charge is 0.314 e. The van der Waals surface area contributed by atoms with Crippen molar-refractivity contribution in [1.82, 2.24) is 25.9 Å². The van der Waals surface area contributed by atoms with E-state index < -0.39 is 11.1 Å². The molecule has 1 aromatic carbocycles. The molecule has 2 saturated heterocycles. The maximum absolute atomic E-state index is 14.0. The van der Waals surface area contributed by atoms with Crippen LogP contribution in [0.25, 0.3) is 0 Å². The molecule has 5 rings (SSSR count). The van der Waals surface area contributed by atoms with E-state index in [0.717, 1.165) is 5.56 Å². The van der Waals surface area contributed by atoms with Crippen LogP contribution in [0.5, 0.6) is 0 Å². The summed E-state index contributed by atoms with van der Waals surface area (Å²) in [6.45, 7) is 3.08. The first kappa shape index (κ1) is 21.8. The maximum atomic E-state index is 14.0. The first-order valence-electron chi connectivity index (χ1n) is 10.4. The standard InChI is InChI=1S/C22H22ClN5O2S2/c1-13-22(18(29)16-10-25-12-32-16,17(27-13)14-3-2-4-15(23)9-14)28-21(5-6-24-11-21)19(30)20-26-7-8-31-20/h2-4,7-10,12-13,17,24,27-28H,5-6,11H2,1H3/t13?,17?,21-,22?/m0/s1. The molecular formula is C22H22ClN5O2S2. The van der Waals surface area contributed by atoms with Gasteiger partial charge in [0.2, 0.25) is 5.78 Å². The van der Waals surface area contributed by atoms with Crippen LogP contribution in [0.15, 0.2) is 47.5 Å². The zero-order valence-electron chi connectivity index (χ0n) is 17.3. The van der Waals surface area contributed by atoms with Crippen LogP contribution in [-0.2, 0) is 0 Å². The zero-order valence-corrected chi connectivity index (χ0v) is 19.7. The summed E-state index contributed by atoms with van der Waals surface area (Å²) in [6, 6.07) is 6.92. The van der Waals surface area contributed by atoms with E-state index in [1.165, 1.54) is 22.7 Å². The first-order chi connectivity index (χ1) is 15.5. The number of Topliss-reactive ketones (excluding diaryl/α,β-unsaturated/α-hetero) is 2. The molecule has 4 heterocycles. The van der Waals surface area contributed by atoms with Crippen LogP contribution < -0.4 is 16.0 Å². The van der Waals surface area contributed by atoms with Crippen LogP contribution in [-0.4, -0.2) is 51.7 Å². The lowest BCUT2D eigenvalue weighted by atomic mass is 9.67. The zero-order chi connectivity index (χ0) is 22.3. The van der Waals surface area contributed by atoms with E-state index >= 15 is 0 Å². The van der Waals surface area contributed by atoms with Gasteiger partial charge in [0.1, 0.15) is 5.54 Å². The molecule has 0 amide bonds. The summed E-state index contributed by atoms with van der Waals surface area (Å²) in [5.74, 6) is -0.160. The minimum absolute atomic E-state index is 0.0746. The van der Waals surface area contributed by atoms with Gasteiger partial charge in [-0.1, -0.05) is 23.7 Å². The van der Waals surface area contributed by atoms with Crippen LogP contribution in [0, 0.1) is 0 Å². The predicted molar refractivity (Wildman–Crippen MR) is 126 cm³/mol. The molecule has 0 bridgehead atoms. The molecule has 166 valence electrons. The van der Waals surface area contributed by atoms with Gasteiger partial charge in [-0.3, -0.25) is 19.9 Å². The van der Waals surface area contributed by atoms with Gasteiger partial charge in [0.15, 0.2) is 10.8 Å². The van der Waals surface area contributed by atoms with E-state index in [0.29, 0.717) is 34.4 Å². The number of nitrogens with one attached hydrogen (secondary N) is 3. The Morgan fingerprint density at radius 3 is 2.78 bits per heavy atom. The fourth-order valence-electron chi connectivity index (χ4n) is 4.79. The Balaban J connectivity index is 1.61. The molecule has 2 aliphatic rings. The fraction of sp³-hybridized carbons (Fsp3) is 0.364. The molecule has 0 radical (unpaired) electrons. The number of rotatable bonds is 7. The van der Waals surface area contributed by atoms with E-state index in [9.17, 15) is 9.59 Å². The highest BCUT2D eigenvalue weighted by molar-refractivity contribution is 7.12. The van der Waals surface area contributed by atoms with Crippen LogP contribution >= 0.6 is 34.3 Å². The van der Waals surface area contributed by atoms with Crippen molar-refractivity contribution in [1.29, 1.82) is 0 Å². The SMILES string of the molecule is CC1NC(c2cccc(Cl)c2)C1(N[C@@]1(C(=O)c2nccs2)CCNC1)C(=O)c1cncs1. The average molecular weight is 488 g/mol. The summed E-state index contributed by atoms with van der Waals surface area (Å²) >= 11 is 8.91. The van der Waals surface area contributed by atoms with Crippen molar-refractivity contribution < 1.29 is 9.59 Å². The number of carbonyl (C=O) groups excluding carboxylic acids is 2. The maximum Gasteiger partial charge on any atom is 0.212 e. The number of nitrogens with zero attached hydrogens (tertiary/aromatic N) is 2. The number of hydrogen-bond acceptors (Lipinski definition) is 9. The first-order valence-corrected chi connectivity index (χ1v) is 12.5. The van der Waals surface area contributed by atoms with Gasteiger partial charge in [0.25, 0.3) is 0 Å². The van der Waals surface area contributed by atoms with E-state index in [1.807, 2.05) is 31.2 Å². The summed E-state index contributed by atoms with van der Waals surface area (Å²) in [5.41, 5.74) is 0.560. The predicted octanol–water partition coefficient (Wildman–Crippen LogP) is 3.11. The summed E-state index contributed by atoms with van der Waals surface area (Å²) in [5, 5.41) is 13.2. The van der Waals surface area contributed by atoms with Gasteiger partial charge in [-0.05, 0) is 37.6 Å². The van der Waals surface area contributed by atoms with Crippen LogP contribution in [0.3, 0.4) is 0 Å². The lowest BCUT2D eigenvalue weighted by Crippen LogP contribution is -2.82. The second-order valence-electron chi connectivity index (χ2n) is 8.24. The highest BCUT2D eigenvalue weighted by Crippen LogP contribution is 2.44. The average Bonchev–Trinajstić information content (AvgIpc) is 3.57. The normalized spacial score (nSPS) is 29.6. The Morgan fingerprint density at radius 2 is 2.16 bits per heavy atom. The lowest BCUT2D eigenvalue weighted by Gasteiger charge is -2.57. The van der Waals surface area contributed by atoms with Gasteiger partial charge in [-0.25, -0.2) is 4.98 Å². The van der Waals surface area contributed by atoms with Crippen molar-refractivity contribution in [3.63, 3.8) is 0 Å². The molecule has 4 atom stereocenters. The van der Waals surface area contributed by atoms with Crippen molar-refractivity contribution in [3.05, 3.63) is 68.0 Å². The van der Waals surface area contributed by atoms with Crippen molar-refractivity contribution in [2.45, 2.75) is 36.5 Å². The monoisotopic (exact) mass is 487 g/mol. The van der Waals surface area contributed by atoms with Crippen molar-refractivity contribution in [3.8, 4) is 0 Å². The Kier molecular flexibility index (Phi) is 5.73. The van der Waals surface area contributed by atoms with E-state index in [2.05, 4.69) is 25.9 Å². The molecule has 2 aliphatic heterocycles. The number of benzene rings is 1. The van der Waals surface area contributed by atoms with Gasteiger partial charge in [-0.15, -0.1) is 22.7 Å². The number of thiazole rings is 2. The van der Waals surface area contributed by atoms with Gasteiger partial charge >= 0.3 is 0 Å². The third kappa shape index (κ3) is 3.44. The second-order valence-corrected chi connectivity index (χ2v) is 10.5. The molecule has 0 spiro atoms. The van der Waals surface area contributed by atoms with Gasteiger partial charge in [0.05, 0.1) is 22.0 Å². The summed E-state index contributed by atoms with van der Waals surface area (Å²) in [4.78, 5) is 36.6. The number of ketones is 2. The van der Waals surface area contributed by atoms with Gasteiger partial charge in [-0.2, -0.15) is 0 Å². The third-order valence-electron chi connectivity index (χ3n) is 6.43. The molecule has 2 aromatic heterocycles. The molecule has 3 N–H and O–H groups in total. The Morgan fingerprint density at radius 1 is 1.28 bits per heavy atom. The minimum Gasteiger partial charge on any atom is -0.314 e. The topological polar surface area (TPSA) is 96.0 Å². The van der Waals surface area contributed by atoms with Crippen LogP contribution in [0.2, 0.25) is 5.02 Å². The van der Waals surface area contributed by atoms with E-state index in [1.54, 1.807) is 23.3 Å². The lowest BCUT2D eigenvalue weighted by molar-refractivity contribution is 0.0299. The molecule has 32 heavy (non-hydrogen) atoms. The molecule has 3 unspecified atom stereocenters. The number of carbonyl (C=O) groups is 2. The fourth-order valence-corrected chi connectivity index (χ4v) is 6.30. The van der Waals surface area contributed by atoms with Gasteiger partial charge < -0.3 is 10.6 Å². The summed E-state index contributed by atoms with van der Waals surface area (Å²) < 4.78 is 0. The van der Waals surface area contributed by atoms with Gasteiger partial charge in [0, 0.05) is 35.4 Å². The summed E-state index contributed by atoms with van der Waals surface area (Å²) in [7, 11) is 0. The molecule has 0 aliphatic carbocycles. The van der Waals surface area contributed by atoms with E-state index in [4.69, 9.17) is 11.6 Å². The molecule has 3 aromatic rings. The Bertz CT molecular complexity index is 1130. The quantitative estimate of drug-likeness (QED) is 0.440.